The molecule has 1 aromatic carbocycles. The van der Waals surface area contributed by atoms with Gasteiger partial charge >= 0.3 is 17.7 Å². The molecule has 0 bridgehead atoms. The molecule has 0 aliphatic carbocycles. The van der Waals surface area contributed by atoms with Gasteiger partial charge in [-0.1, -0.05) is 43.2 Å². The van der Waals surface area contributed by atoms with Gasteiger partial charge in [0.15, 0.2) is 6.26 Å². The van der Waals surface area contributed by atoms with Gasteiger partial charge in [0.1, 0.15) is 0 Å². The van der Waals surface area contributed by atoms with Crippen LogP contribution in [0.1, 0.15) is 47.1 Å². The first-order valence-corrected chi connectivity index (χ1v) is 8.86. The number of carbonyl (C=O) groups excluding carboxylic acids is 1. The summed E-state index contributed by atoms with van der Waals surface area (Å²) in [7, 11) is 0. The van der Waals surface area contributed by atoms with Gasteiger partial charge in [0.05, 0.1) is 11.3 Å². The number of hydrogen-bond donors (Lipinski definition) is 0. The summed E-state index contributed by atoms with van der Waals surface area (Å²) in [6.07, 6.45) is 3.87. The summed E-state index contributed by atoms with van der Waals surface area (Å²) in [5, 5.41) is 0. The molecule has 2 heterocycles. The van der Waals surface area contributed by atoms with Crippen molar-refractivity contribution in [3.63, 3.8) is 0 Å². The van der Waals surface area contributed by atoms with Crippen LogP contribution in [0.4, 0.5) is 0 Å². The van der Waals surface area contributed by atoms with Gasteiger partial charge in [-0.05, 0) is 43.9 Å². The highest BCUT2D eigenvalue weighted by Crippen LogP contribution is 2.28. The molecule has 3 aromatic rings. The summed E-state index contributed by atoms with van der Waals surface area (Å²) >= 11 is 0. The molecule has 0 unspecified atom stereocenters. The van der Waals surface area contributed by atoms with E-state index >= 15 is 0 Å². The molecule has 0 saturated carbocycles. The third-order valence-corrected chi connectivity index (χ3v) is 4.24. The highest BCUT2D eigenvalue weighted by Gasteiger charge is 2.22. The van der Waals surface area contributed by atoms with E-state index in [4.69, 9.17) is 4.74 Å². The third-order valence-electron chi connectivity index (χ3n) is 4.24. The molecule has 0 radical (unpaired) electrons. The number of pyridine rings is 1. The molecule has 3 rings (SSSR count). The van der Waals surface area contributed by atoms with Crippen LogP contribution in [0, 0.1) is 13.8 Å². The summed E-state index contributed by atoms with van der Waals surface area (Å²) < 4.78 is 14.3. The van der Waals surface area contributed by atoms with E-state index < -0.39 is 11.8 Å². The molecule has 0 N–H and O–H groups in total. The molecule has 0 aliphatic heterocycles. The van der Waals surface area contributed by atoms with Gasteiger partial charge in [-0.25, -0.2) is 9.59 Å². The van der Waals surface area contributed by atoms with Crippen molar-refractivity contribution in [3.05, 3.63) is 69.7 Å². The van der Waals surface area contributed by atoms with Gasteiger partial charge in [-0.2, -0.15) is 0 Å². The second-order valence-electron chi connectivity index (χ2n) is 6.39. The second kappa shape index (κ2) is 8.03. The highest BCUT2D eigenvalue weighted by molar-refractivity contribution is 5.99. The lowest BCUT2D eigenvalue weighted by Crippen LogP contribution is -2.14. The van der Waals surface area contributed by atoms with E-state index in [9.17, 15) is 9.59 Å². The largest absolute Gasteiger partial charge is 0.521 e. The standard InChI is InChI=1S/C21H21NO5/c1-4-5-6-16-11-17(15-9-7-13(2)8-10-15)19(14(3)22-16)20(23)26-18-12-25-21(24)27-18/h7-12H,4-6H2,1-3H3. The average molecular weight is 367 g/mol. The molecule has 27 heavy (non-hydrogen) atoms. The third kappa shape index (κ3) is 4.34. The summed E-state index contributed by atoms with van der Waals surface area (Å²) in [6.45, 7) is 5.90. The quantitative estimate of drug-likeness (QED) is 0.598. The van der Waals surface area contributed by atoms with Crippen LogP contribution < -0.4 is 10.6 Å². The van der Waals surface area contributed by atoms with Crippen LogP contribution in [0.15, 0.2) is 50.2 Å². The number of aryl methyl sites for hydroxylation is 3. The predicted molar refractivity (Wildman–Crippen MR) is 100.0 cm³/mol. The summed E-state index contributed by atoms with van der Waals surface area (Å²) in [5.41, 5.74) is 4.59. The predicted octanol–water partition coefficient (Wildman–Crippen LogP) is 4.47. The zero-order valence-electron chi connectivity index (χ0n) is 15.6. The lowest BCUT2D eigenvalue weighted by Gasteiger charge is -2.13. The lowest BCUT2D eigenvalue weighted by atomic mass is 9.96. The summed E-state index contributed by atoms with van der Waals surface area (Å²) in [6, 6.07) is 9.82. The van der Waals surface area contributed by atoms with Crippen molar-refractivity contribution in [2.45, 2.75) is 40.0 Å². The average Bonchev–Trinajstić information content (AvgIpc) is 3.04. The van der Waals surface area contributed by atoms with Crippen molar-refractivity contribution in [3.8, 4) is 17.1 Å². The monoisotopic (exact) mass is 367 g/mol. The Balaban J connectivity index is 2.05. The van der Waals surface area contributed by atoms with Crippen LogP contribution in [0.3, 0.4) is 0 Å². The number of nitrogens with zero attached hydrogens (tertiary/aromatic N) is 1. The number of hydrogen-bond acceptors (Lipinski definition) is 6. The fourth-order valence-corrected chi connectivity index (χ4v) is 2.86. The van der Waals surface area contributed by atoms with Crippen molar-refractivity contribution in [2.75, 3.05) is 0 Å². The Morgan fingerprint density at radius 2 is 1.93 bits per heavy atom. The molecule has 6 heteroatoms. The molecule has 140 valence electrons. The number of carbonyl (C=O) groups is 1. The fourth-order valence-electron chi connectivity index (χ4n) is 2.86. The number of aromatic nitrogens is 1. The van der Waals surface area contributed by atoms with Crippen LogP contribution in [-0.4, -0.2) is 11.0 Å². The first-order valence-electron chi connectivity index (χ1n) is 8.86. The van der Waals surface area contributed by atoms with Gasteiger partial charge in [-0.3, -0.25) is 4.98 Å². The smallest absolute Gasteiger partial charge is 0.395 e. The topological polar surface area (TPSA) is 82.5 Å². The number of ether oxygens (including phenoxy) is 1. The Labute approximate surface area is 156 Å². The van der Waals surface area contributed by atoms with Crippen LogP contribution in [-0.2, 0) is 6.42 Å². The fraction of sp³-hybridized carbons (Fsp3) is 0.286. The highest BCUT2D eigenvalue weighted by atomic mass is 16.7. The van der Waals surface area contributed by atoms with Gasteiger partial charge in [0.25, 0.3) is 0 Å². The van der Waals surface area contributed by atoms with E-state index in [2.05, 4.69) is 20.7 Å². The molecule has 0 amide bonds. The Bertz CT molecular complexity index is 998. The molecule has 0 fully saturated rings. The number of esters is 1. The zero-order valence-corrected chi connectivity index (χ0v) is 15.6. The normalized spacial score (nSPS) is 10.8. The maximum Gasteiger partial charge on any atom is 0.521 e. The van der Waals surface area contributed by atoms with E-state index in [1.807, 2.05) is 37.3 Å². The minimum atomic E-state index is -0.929. The molecule has 0 aliphatic rings. The van der Waals surface area contributed by atoms with E-state index in [1.54, 1.807) is 6.92 Å². The Kier molecular flexibility index (Phi) is 5.54. The van der Waals surface area contributed by atoms with E-state index in [0.717, 1.165) is 47.9 Å². The van der Waals surface area contributed by atoms with E-state index in [1.165, 1.54) is 0 Å². The minimum Gasteiger partial charge on any atom is -0.395 e. The maximum absolute atomic E-state index is 12.8. The first kappa shape index (κ1) is 18.6. The number of unbranched alkanes of at least 4 members (excludes halogenated alkanes) is 1. The Morgan fingerprint density at radius 1 is 1.19 bits per heavy atom. The van der Waals surface area contributed by atoms with Crippen LogP contribution in [0.25, 0.3) is 11.1 Å². The van der Waals surface area contributed by atoms with E-state index in [0.29, 0.717) is 11.3 Å². The van der Waals surface area contributed by atoms with Gasteiger partial charge in [0, 0.05) is 5.69 Å². The lowest BCUT2D eigenvalue weighted by molar-refractivity contribution is 0.0691. The Morgan fingerprint density at radius 3 is 2.56 bits per heavy atom. The Hall–Kier alpha value is -3.15. The van der Waals surface area contributed by atoms with E-state index in [-0.39, 0.29) is 5.95 Å². The van der Waals surface area contributed by atoms with Crippen LogP contribution in [0.5, 0.6) is 5.95 Å². The SMILES string of the molecule is CCCCc1cc(-c2ccc(C)cc2)c(C(=O)Oc2coc(=O)o2)c(C)n1. The van der Waals surface area contributed by atoms with Gasteiger partial charge in [-0.15, -0.1) is 0 Å². The molecular weight excluding hydrogens is 346 g/mol. The second-order valence-corrected chi connectivity index (χ2v) is 6.39. The number of rotatable bonds is 6. The zero-order chi connectivity index (χ0) is 19.4. The van der Waals surface area contributed by atoms with Crippen molar-refractivity contribution in [1.82, 2.24) is 4.98 Å². The molecule has 0 saturated heterocycles. The molecule has 6 nitrogen and oxygen atoms in total. The van der Waals surface area contributed by atoms with Crippen molar-refractivity contribution in [1.29, 1.82) is 0 Å². The molecule has 0 atom stereocenters. The van der Waals surface area contributed by atoms with Crippen molar-refractivity contribution < 1.29 is 18.4 Å². The maximum atomic E-state index is 12.8. The molecule has 2 aromatic heterocycles. The first-order chi connectivity index (χ1) is 13.0. The van der Waals surface area contributed by atoms with Crippen molar-refractivity contribution >= 4 is 5.97 Å². The summed E-state index contributed by atoms with van der Waals surface area (Å²) in [5.74, 6) is -1.86. The van der Waals surface area contributed by atoms with Gasteiger partial charge < -0.3 is 13.6 Å². The summed E-state index contributed by atoms with van der Waals surface area (Å²) in [4.78, 5) is 28.3. The van der Waals surface area contributed by atoms with Crippen LogP contribution >= 0.6 is 0 Å². The molecule has 0 spiro atoms. The number of benzene rings is 1. The van der Waals surface area contributed by atoms with Crippen molar-refractivity contribution in [2.24, 2.45) is 0 Å². The van der Waals surface area contributed by atoms with Gasteiger partial charge in [0.2, 0.25) is 0 Å². The molecular formula is C21H21NO5. The minimum absolute atomic E-state index is 0.283. The van der Waals surface area contributed by atoms with Crippen LogP contribution in [0.2, 0.25) is 0 Å².